The predicted octanol–water partition coefficient (Wildman–Crippen LogP) is 5.93. The van der Waals surface area contributed by atoms with Crippen LogP contribution in [0.4, 0.5) is 13.2 Å². The molecule has 0 spiro atoms. The van der Waals surface area contributed by atoms with Gasteiger partial charge in [-0.2, -0.15) is 0 Å². The molecule has 0 unspecified atom stereocenters. The Hall–Kier alpha value is -2.93. The van der Waals surface area contributed by atoms with Crippen LogP contribution in [-0.4, -0.2) is 34.3 Å². The first kappa shape index (κ1) is 19.1. The Morgan fingerprint density at radius 1 is 0.967 bits per heavy atom. The van der Waals surface area contributed by atoms with E-state index in [-0.39, 0.29) is 5.75 Å². The maximum Gasteiger partial charge on any atom is 0.573 e. The number of H-pyrrole nitrogens is 2. The van der Waals surface area contributed by atoms with Gasteiger partial charge in [-0.1, -0.05) is 18.2 Å². The second-order valence-electron chi connectivity index (χ2n) is 7.89. The van der Waals surface area contributed by atoms with Crippen LogP contribution in [0.5, 0.6) is 5.75 Å². The first-order chi connectivity index (χ1) is 14.5. The van der Waals surface area contributed by atoms with Gasteiger partial charge in [-0.15, -0.1) is 13.2 Å². The van der Waals surface area contributed by atoms with E-state index in [9.17, 15) is 13.2 Å². The summed E-state index contributed by atoms with van der Waals surface area (Å²) in [5.74, 6) is 0.349. The number of piperidine rings is 1. The van der Waals surface area contributed by atoms with Crippen molar-refractivity contribution >= 4 is 21.8 Å². The van der Waals surface area contributed by atoms with E-state index < -0.39 is 6.36 Å². The number of aromatic amines is 2. The van der Waals surface area contributed by atoms with Crippen LogP contribution in [0.15, 0.2) is 54.7 Å². The Morgan fingerprint density at radius 3 is 2.53 bits per heavy atom. The standard InChI is InChI=1S/C15H15F3N2O.C8H7N/c16-15(17,18)21-10-1-2-13-11(7-10)12-8-20-5-3-9(4-6-20)14(12)19-13;1-2-4-8-7(3-1)5-6-9-8/h1-2,7,9,19H,3-6,8H2;1-6,9H. The number of rotatable bonds is 1. The third-order valence-electron chi connectivity index (χ3n) is 5.98. The topological polar surface area (TPSA) is 44.0 Å². The van der Waals surface area contributed by atoms with Gasteiger partial charge in [0.2, 0.25) is 0 Å². The summed E-state index contributed by atoms with van der Waals surface area (Å²) in [4.78, 5) is 8.90. The van der Waals surface area contributed by atoms with Crippen LogP contribution in [0.2, 0.25) is 0 Å². The quantitative estimate of drug-likeness (QED) is 0.406. The molecule has 2 aromatic carbocycles. The summed E-state index contributed by atoms with van der Waals surface area (Å²) in [6, 6.07) is 14.8. The van der Waals surface area contributed by atoms with E-state index in [0.29, 0.717) is 5.92 Å². The lowest BCUT2D eigenvalue weighted by Crippen LogP contribution is -2.29. The molecule has 156 valence electrons. The molecule has 5 heterocycles. The Bertz CT molecular complexity index is 1140. The highest BCUT2D eigenvalue weighted by molar-refractivity contribution is 5.86. The van der Waals surface area contributed by atoms with Crippen molar-refractivity contribution in [1.82, 2.24) is 14.9 Å². The summed E-state index contributed by atoms with van der Waals surface area (Å²) in [6.45, 7) is 2.93. The van der Waals surface area contributed by atoms with Crippen molar-refractivity contribution in [1.29, 1.82) is 0 Å². The summed E-state index contributed by atoms with van der Waals surface area (Å²) in [6.07, 6.45) is -0.467. The van der Waals surface area contributed by atoms with Gasteiger partial charge in [0.15, 0.2) is 0 Å². The number of nitrogens with zero attached hydrogens (tertiary/aromatic N) is 1. The second-order valence-corrected chi connectivity index (χ2v) is 7.89. The van der Waals surface area contributed by atoms with Gasteiger partial charge < -0.3 is 14.7 Å². The number of alkyl halides is 3. The molecule has 0 amide bonds. The van der Waals surface area contributed by atoms with Crippen molar-refractivity contribution in [3.05, 3.63) is 66.0 Å². The van der Waals surface area contributed by atoms with Crippen LogP contribution in [0.25, 0.3) is 21.8 Å². The number of ether oxygens (including phenoxy) is 1. The third-order valence-corrected chi connectivity index (χ3v) is 5.98. The number of nitrogens with one attached hydrogen (secondary N) is 2. The average molecular weight is 413 g/mol. The van der Waals surface area contributed by atoms with Gasteiger partial charge in [0, 0.05) is 40.8 Å². The fourth-order valence-corrected chi connectivity index (χ4v) is 4.56. The zero-order chi connectivity index (χ0) is 20.7. The summed E-state index contributed by atoms with van der Waals surface area (Å²) in [5.41, 5.74) is 4.44. The molecule has 0 radical (unpaired) electrons. The van der Waals surface area contributed by atoms with E-state index >= 15 is 0 Å². The van der Waals surface area contributed by atoms with E-state index in [1.165, 1.54) is 28.7 Å². The molecule has 2 bridgehead atoms. The molecule has 3 aliphatic heterocycles. The van der Waals surface area contributed by atoms with Crippen molar-refractivity contribution in [2.75, 3.05) is 13.1 Å². The monoisotopic (exact) mass is 413 g/mol. The van der Waals surface area contributed by atoms with Gasteiger partial charge in [0.05, 0.1) is 0 Å². The number of benzene rings is 2. The van der Waals surface area contributed by atoms with Crippen molar-refractivity contribution < 1.29 is 17.9 Å². The van der Waals surface area contributed by atoms with Crippen molar-refractivity contribution in [2.45, 2.75) is 31.7 Å². The second kappa shape index (κ2) is 7.40. The van der Waals surface area contributed by atoms with Gasteiger partial charge in [-0.3, -0.25) is 4.90 Å². The number of fused-ring (bicyclic) bond motifs is 4. The van der Waals surface area contributed by atoms with Gasteiger partial charge in [0.1, 0.15) is 5.75 Å². The fraction of sp³-hybridized carbons (Fsp3) is 0.304. The Morgan fingerprint density at radius 2 is 1.77 bits per heavy atom. The van der Waals surface area contributed by atoms with Crippen molar-refractivity contribution in [3.63, 3.8) is 0 Å². The first-order valence-electron chi connectivity index (χ1n) is 10.1. The SMILES string of the molecule is FC(F)(F)Oc1ccc2[nH]c3c(c2c1)CN1CCC3CC1.c1ccc2[nH]ccc2c1. The molecule has 0 aliphatic carbocycles. The number of aromatic nitrogens is 2. The molecule has 0 saturated carbocycles. The highest BCUT2D eigenvalue weighted by atomic mass is 19.4. The summed E-state index contributed by atoms with van der Waals surface area (Å²) in [7, 11) is 0. The molecule has 2 N–H and O–H groups in total. The molecule has 7 heteroatoms. The molecule has 30 heavy (non-hydrogen) atoms. The van der Waals surface area contributed by atoms with Crippen LogP contribution in [0.1, 0.15) is 30.0 Å². The van der Waals surface area contributed by atoms with Gasteiger partial charge in [0.25, 0.3) is 0 Å². The van der Waals surface area contributed by atoms with Crippen molar-refractivity contribution in [3.8, 4) is 5.75 Å². The van der Waals surface area contributed by atoms with Crippen LogP contribution in [-0.2, 0) is 6.54 Å². The van der Waals surface area contributed by atoms with Gasteiger partial charge >= 0.3 is 6.36 Å². The lowest BCUT2D eigenvalue weighted by atomic mass is 9.94. The van der Waals surface area contributed by atoms with Gasteiger partial charge in [-0.25, -0.2) is 0 Å². The van der Waals surface area contributed by atoms with Crippen LogP contribution >= 0.6 is 0 Å². The summed E-state index contributed by atoms with van der Waals surface area (Å²) in [5, 5.41) is 2.13. The maximum absolute atomic E-state index is 12.4. The maximum atomic E-state index is 12.4. The molecule has 1 saturated heterocycles. The zero-order valence-electron chi connectivity index (χ0n) is 16.3. The third kappa shape index (κ3) is 3.77. The average Bonchev–Trinajstić information content (AvgIpc) is 3.25. The number of hydrogen-bond donors (Lipinski definition) is 2. The lowest BCUT2D eigenvalue weighted by molar-refractivity contribution is -0.274. The summed E-state index contributed by atoms with van der Waals surface area (Å²) >= 11 is 0. The number of halogens is 3. The Balaban J connectivity index is 0.000000178. The molecular weight excluding hydrogens is 391 g/mol. The number of hydrogen-bond acceptors (Lipinski definition) is 2. The van der Waals surface area contributed by atoms with E-state index in [0.717, 1.165) is 48.9 Å². The highest BCUT2D eigenvalue weighted by Gasteiger charge is 2.33. The van der Waals surface area contributed by atoms with E-state index in [4.69, 9.17) is 0 Å². The minimum atomic E-state index is -4.65. The minimum absolute atomic E-state index is 0.150. The molecule has 0 atom stereocenters. The Kier molecular flexibility index (Phi) is 4.70. The highest BCUT2D eigenvalue weighted by Crippen LogP contribution is 2.40. The van der Waals surface area contributed by atoms with Crippen LogP contribution < -0.4 is 4.74 Å². The predicted molar refractivity (Wildman–Crippen MR) is 111 cm³/mol. The zero-order valence-corrected chi connectivity index (χ0v) is 16.3. The normalized spacial score (nSPS) is 20.5. The van der Waals surface area contributed by atoms with Crippen molar-refractivity contribution in [2.24, 2.45) is 0 Å². The molecule has 2 aromatic heterocycles. The molecule has 3 aliphatic rings. The lowest BCUT2D eigenvalue weighted by Gasteiger charge is -2.26. The van der Waals surface area contributed by atoms with E-state index in [2.05, 4.69) is 37.8 Å². The van der Waals surface area contributed by atoms with Crippen LogP contribution in [0.3, 0.4) is 0 Å². The summed E-state index contributed by atoms with van der Waals surface area (Å²) < 4.78 is 41.1. The molecule has 4 aromatic rings. The van der Waals surface area contributed by atoms with E-state index in [1.807, 2.05) is 18.3 Å². The van der Waals surface area contributed by atoms with Crippen LogP contribution in [0, 0.1) is 0 Å². The molecule has 1 fully saturated rings. The minimum Gasteiger partial charge on any atom is -0.406 e. The number of para-hydroxylation sites is 1. The largest absolute Gasteiger partial charge is 0.573 e. The molecule has 7 rings (SSSR count). The van der Waals surface area contributed by atoms with Gasteiger partial charge in [-0.05, 0) is 67.2 Å². The smallest absolute Gasteiger partial charge is 0.406 e. The molecule has 4 nitrogen and oxygen atoms in total. The fourth-order valence-electron chi connectivity index (χ4n) is 4.56. The van der Waals surface area contributed by atoms with E-state index in [1.54, 1.807) is 6.07 Å². The Labute approximate surface area is 171 Å². The molecular formula is C23H22F3N3O. The first-order valence-corrected chi connectivity index (χ1v) is 10.1.